The Morgan fingerprint density at radius 3 is 2.44 bits per heavy atom. The summed E-state index contributed by atoms with van der Waals surface area (Å²) >= 11 is 6.20. The molecule has 0 spiro atoms. The van der Waals surface area contributed by atoms with Crippen LogP contribution in [0.15, 0.2) is 72.8 Å². The molecule has 0 radical (unpaired) electrons. The predicted octanol–water partition coefficient (Wildman–Crippen LogP) is 5.00. The van der Waals surface area contributed by atoms with Crippen LogP contribution in [0.1, 0.15) is 11.1 Å². The SMILES string of the molecule is N=C(N)n1c(-c2cc(Cl)ccc2O)c(Cc2ccccc2)c2ccccc21. The first-order valence-corrected chi connectivity index (χ1v) is 8.93. The average molecular weight is 376 g/mol. The molecule has 0 saturated carbocycles. The van der Waals surface area contributed by atoms with E-state index in [2.05, 4.69) is 12.1 Å². The van der Waals surface area contributed by atoms with Crippen LogP contribution < -0.4 is 5.73 Å². The van der Waals surface area contributed by atoms with E-state index in [1.165, 1.54) is 0 Å². The number of aromatic nitrogens is 1. The number of nitrogens with one attached hydrogen (secondary N) is 1. The summed E-state index contributed by atoms with van der Waals surface area (Å²) in [5, 5.41) is 20.2. The van der Waals surface area contributed by atoms with E-state index in [1.54, 1.807) is 22.8 Å². The van der Waals surface area contributed by atoms with Crippen LogP contribution in [0, 0.1) is 5.41 Å². The van der Waals surface area contributed by atoms with Gasteiger partial charge in [-0.15, -0.1) is 0 Å². The molecule has 4 aromatic rings. The molecule has 0 atom stereocenters. The molecule has 0 aliphatic rings. The molecule has 4 N–H and O–H groups in total. The van der Waals surface area contributed by atoms with E-state index in [9.17, 15) is 5.11 Å². The Hall–Kier alpha value is -3.24. The molecule has 0 amide bonds. The van der Waals surface area contributed by atoms with Crippen molar-refractivity contribution >= 4 is 28.5 Å². The number of halogens is 1. The first-order valence-electron chi connectivity index (χ1n) is 8.56. The van der Waals surface area contributed by atoms with Crippen LogP contribution in [0.25, 0.3) is 22.2 Å². The predicted molar refractivity (Wildman–Crippen MR) is 111 cm³/mol. The summed E-state index contributed by atoms with van der Waals surface area (Å²) in [5.41, 5.74) is 10.1. The van der Waals surface area contributed by atoms with Gasteiger partial charge in [-0.25, -0.2) is 0 Å². The van der Waals surface area contributed by atoms with Gasteiger partial charge < -0.3 is 10.8 Å². The van der Waals surface area contributed by atoms with Gasteiger partial charge in [-0.1, -0.05) is 60.1 Å². The maximum absolute atomic E-state index is 10.5. The van der Waals surface area contributed by atoms with Gasteiger partial charge in [0.15, 0.2) is 5.96 Å². The summed E-state index contributed by atoms with van der Waals surface area (Å²) in [4.78, 5) is 0. The van der Waals surface area contributed by atoms with Gasteiger partial charge in [0.25, 0.3) is 0 Å². The number of phenolic OH excluding ortho intramolecular Hbond substituents is 1. The number of hydrogen-bond donors (Lipinski definition) is 3. The van der Waals surface area contributed by atoms with Crippen molar-refractivity contribution in [3.63, 3.8) is 0 Å². The lowest BCUT2D eigenvalue weighted by atomic mass is 9.98. The van der Waals surface area contributed by atoms with E-state index in [4.69, 9.17) is 22.7 Å². The summed E-state index contributed by atoms with van der Waals surface area (Å²) in [5.74, 6) is -0.0149. The van der Waals surface area contributed by atoms with Gasteiger partial charge in [0.05, 0.1) is 11.2 Å². The summed E-state index contributed by atoms with van der Waals surface area (Å²) < 4.78 is 1.67. The third kappa shape index (κ3) is 3.04. The second-order valence-corrected chi connectivity index (χ2v) is 6.83. The number of nitrogen functional groups attached to an aromatic ring is 1. The van der Waals surface area contributed by atoms with Crippen molar-refractivity contribution < 1.29 is 5.11 Å². The Morgan fingerprint density at radius 1 is 1.00 bits per heavy atom. The van der Waals surface area contributed by atoms with Gasteiger partial charge in [0, 0.05) is 22.4 Å². The van der Waals surface area contributed by atoms with E-state index in [0.29, 0.717) is 22.7 Å². The summed E-state index contributed by atoms with van der Waals surface area (Å²) in [6, 6.07) is 22.8. The lowest BCUT2D eigenvalue weighted by molar-refractivity contribution is 0.477. The molecule has 0 fully saturated rings. The maximum Gasteiger partial charge on any atom is 0.197 e. The minimum absolute atomic E-state index is 0.0963. The molecule has 5 heteroatoms. The Balaban J connectivity index is 2.08. The monoisotopic (exact) mass is 375 g/mol. The van der Waals surface area contributed by atoms with Crippen molar-refractivity contribution in [1.82, 2.24) is 4.57 Å². The fourth-order valence-corrected chi connectivity index (χ4v) is 3.69. The van der Waals surface area contributed by atoms with Gasteiger partial charge >= 0.3 is 0 Å². The van der Waals surface area contributed by atoms with Crippen LogP contribution in [0.3, 0.4) is 0 Å². The summed E-state index contributed by atoms with van der Waals surface area (Å²) in [7, 11) is 0. The Labute approximate surface area is 161 Å². The van der Waals surface area contributed by atoms with Crippen LogP contribution in [0.5, 0.6) is 5.75 Å². The number of hydrogen-bond acceptors (Lipinski definition) is 2. The highest BCUT2D eigenvalue weighted by atomic mass is 35.5. The molecule has 4 rings (SSSR count). The third-order valence-corrected chi connectivity index (χ3v) is 4.89. The zero-order valence-corrected chi connectivity index (χ0v) is 15.2. The van der Waals surface area contributed by atoms with Crippen molar-refractivity contribution in [3.8, 4) is 17.0 Å². The standard InChI is InChI=1S/C22H18ClN3O/c23-15-10-11-20(27)18(13-15)21-17(12-14-6-2-1-3-7-14)16-8-4-5-9-19(16)26(21)22(24)25/h1-11,13,27H,12H2,(H3,24,25). The Kier molecular flexibility index (Phi) is 4.34. The second-order valence-electron chi connectivity index (χ2n) is 6.39. The van der Waals surface area contributed by atoms with E-state index in [0.717, 1.165) is 22.0 Å². The van der Waals surface area contributed by atoms with Gasteiger partial charge in [-0.05, 0) is 35.4 Å². The van der Waals surface area contributed by atoms with E-state index < -0.39 is 0 Å². The second kappa shape index (κ2) is 6.82. The summed E-state index contributed by atoms with van der Waals surface area (Å²) in [6.45, 7) is 0. The first kappa shape index (κ1) is 17.2. The normalized spacial score (nSPS) is 11.0. The maximum atomic E-state index is 10.5. The van der Waals surface area contributed by atoms with Crippen molar-refractivity contribution in [1.29, 1.82) is 5.41 Å². The van der Waals surface area contributed by atoms with Crippen LogP contribution >= 0.6 is 11.6 Å². The molecule has 27 heavy (non-hydrogen) atoms. The third-order valence-electron chi connectivity index (χ3n) is 4.66. The molecule has 134 valence electrons. The number of rotatable bonds is 3. The lowest BCUT2D eigenvalue weighted by Gasteiger charge is -2.13. The highest BCUT2D eigenvalue weighted by molar-refractivity contribution is 6.31. The zero-order valence-electron chi connectivity index (χ0n) is 14.5. The number of aromatic hydroxyl groups is 1. The van der Waals surface area contributed by atoms with Crippen LogP contribution in [0.2, 0.25) is 5.02 Å². The Bertz CT molecular complexity index is 1150. The van der Waals surface area contributed by atoms with Crippen LogP contribution in [-0.4, -0.2) is 15.6 Å². The zero-order chi connectivity index (χ0) is 19.0. The van der Waals surface area contributed by atoms with Gasteiger partial charge in [0.1, 0.15) is 5.75 Å². The molecule has 0 aliphatic carbocycles. The average Bonchev–Trinajstić information content (AvgIpc) is 2.99. The highest BCUT2D eigenvalue weighted by Crippen LogP contribution is 2.40. The molecule has 0 aliphatic heterocycles. The fraction of sp³-hybridized carbons (Fsp3) is 0.0455. The van der Waals surface area contributed by atoms with Crippen molar-refractivity contribution in [2.45, 2.75) is 6.42 Å². The molecular formula is C22H18ClN3O. The molecule has 1 heterocycles. The lowest BCUT2D eigenvalue weighted by Crippen LogP contribution is -2.21. The number of nitrogens with two attached hydrogens (primary N) is 1. The van der Waals surface area contributed by atoms with Gasteiger partial charge in [-0.3, -0.25) is 9.98 Å². The summed E-state index contributed by atoms with van der Waals surface area (Å²) in [6.07, 6.45) is 0.642. The Morgan fingerprint density at radius 2 is 1.70 bits per heavy atom. The van der Waals surface area contributed by atoms with Crippen LogP contribution in [0.4, 0.5) is 0 Å². The number of nitrogens with zero attached hydrogens (tertiary/aromatic N) is 1. The molecule has 0 saturated heterocycles. The van der Waals surface area contributed by atoms with Crippen LogP contribution in [-0.2, 0) is 6.42 Å². The van der Waals surface area contributed by atoms with Gasteiger partial charge in [-0.2, -0.15) is 0 Å². The van der Waals surface area contributed by atoms with E-state index in [1.807, 2.05) is 42.5 Å². The number of para-hydroxylation sites is 1. The van der Waals surface area contributed by atoms with E-state index in [-0.39, 0.29) is 11.7 Å². The molecule has 0 bridgehead atoms. The number of phenols is 1. The van der Waals surface area contributed by atoms with E-state index >= 15 is 0 Å². The molecule has 0 unspecified atom stereocenters. The molecule has 1 aromatic heterocycles. The highest BCUT2D eigenvalue weighted by Gasteiger charge is 2.22. The molecule has 3 aromatic carbocycles. The first-order chi connectivity index (χ1) is 13.1. The topological polar surface area (TPSA) is 75.0 Å². The quantitative estimate of drug-likeness (QED) is 0.348. The van der Waals surface area contributed by atoms with Crippen molar-refractivity contribution in [2.75, 3.05) is 0 Å². The molecule has 4 nitrogen and oxygen atoms in total. The van der Waals surface area contributed by atoms with Gasteiger partial charge in [0.2, 0.25) is 0 Å². The number of fused-ring (bicyclic) bond motifs is 1. The fourth-order valence-electron chi connectivity index (χ4n) is 3.52. The molecular weight excluding hydrogens is 358 g/mol. The largest absolute Gasteiger partial charge is 0.507 e. The van der Waals surface area contributed by atoms with Crippen molar-refractivity contribution in [2.24, 2.45) is 5.73 Å². The minimum Gasteiger partial charge on any atom is -0.507 e. The smallest absolute Gasteiger partial charge is 0.197 e. The van der Waals surface area contributed by atoms with Crippen molar-refractivity contribution in [3.05, 3.63) is 88.9 Å². The number of benzene rings is 3. The minimum atomic E-state index is -0.111.